The van der Waals surface area contributed by atoms with Crippen LogP contribution in [-0.2, 0) is 4.74 Å². The molecular weight excluding hydrogens is 275 g/mol. The minimum absolute atomic E-state index is 0.186. The van der Waals surface area contributed by atoms with Crippen molar-refractivity contribution in [1.82, 2.24) is 4.90 Å². The number of rotatable bonds is 4. The summed E-state index contributed by atoms with van der Waals surface area (Å²) in [5.41, 5.74) is 0.645. The lowest BCUT2D eigenvalue weighted by molar-refractivity contribution is 0.0983. The van der Waals surface area contributed by atoms with Gasteiger partial charge in [-0.3, -0.25) is 0 Å². The monoisotopic (exact) mass is 296 g/mol. The molecule has 1 aliphatic heterocycles. The average molecular weight is 296 g/mol. The van der Waals surface area contributed by atoms with Crippen molar-refractivity contribution in [2.45, 2.75) is 25.8 Å². The molecule has 1 heterocycles. The van der Waals surface area contributed by atoms with E-state index < -0.39 is 0 Å². The maximum atomic E-state index is 13.3. The van der Waals surface area contributed by atoms with E-state index in [-0.39, 0.29) is 18.0 Å². The first kappa shape index (κ1) is 15.4. The fourth-order valence-electron chi connectivity index (χ4n) is 2.43. The molecule has 1 aromatic carbocycles. The lowest BCUT2D eigenvalue weighted by atomic mass is 10.0. The van der Waals surface area contributed by atoms with E-state index in [0.717, 1.165) is 12.8 Å². The van der Waals surface area contributed by atoms with Crippen molar-refractivity contribution in [2.75, 3.05) is 32.1 Å². The van der Waals surface area contributed by atoms with Gasteiger partial charge in [0.1, 0.15) is 11.6 Å². The normalized spacial score (nSPS) is 15.7. The highest BCUT2D eigenvalue weighted by molar-refractivity contribution is 5.67. The van der Waals surface area contributed by atoms with Crippen molar-refractivity contribution in [1.29, 1.82) is 0 Å². The second-order valence-electron chi connectivity index (χ2n) is 4.95. The number of halogens is 1. The molecule has 1 aromatic rings. The molecule has 0 spiro atoms. The number of methoxy groups -OCH3 is 1. The Balaban J connectivity index is 1.92. The SMILES string of the molecule is CCOC(=O)N1CCC(Nc2cc(F)ccc2OC)CC1. The summed E-state index contributed by atoms with van der Waals surface area (Å²) in [6.07, 6.45) is 1.32. The quantitative estimate of drug-likeness (QED) is 0.928. The van der Waals surface area contributed by atoms with Gasteiger partial charge < -0.3 is 19.7 Å². The summed E-state index contributed by atoms with van der Waals surface area (Å²) in [5, 5.41) is 3.29. The van der Waals surface area contributed by atoms with Crippen LogP contribution in [-0.4, -0.2) is 43.8 Å². The molecular formula is C15H21FN2O3. The molecule has 0 aliphatic carbocycles. The van der Waals surface area contributed by atoms with Crippen LogP contribution in [0, 0.1) is 5.82 Å². The highest BCUT2D eigenvalue weighted by atomic mass is 19.1. The molecule has 5 nitrogen and oxygen atoms in total. The summed E-state index contributed by atoms with van der Waals surface area (Å²) in [7, 11) is 1.56. The number of anilines is 1. The fourth-order valence-corrected chi connectivity index (χ4v) is 2.43. The van der Waals surface area contributed by atoms with Gasteiger partial charge in [0.2, 0.25) is 0 Å². The molecule has 21 heavy (non-hydrogen) atoms. The highest BCUT2D eigenvalue weighted by Gasteiger charge is 2.24. The van der Waals surface area contributed by atoms with Crippen molar-refractivity contribution in [3.63, 3.8) is 0 Å². The Kier molecular flexibility index (Phi) is 5.25. The van der Waals surface area contributed by atoms with Crippen molar-refractivity contribution >= 4 is 11.8 Å². The van der Waals surface area contributed by atoms with Gasteiger partial charge in [0.25, 0.3) is 0 Å². The zero-order valence-electron chi connectivity index (χ0n) is 12.4. The van der Waals surface area contributed by atoms with Crippen LogP contribution in [0.5, 0.6) is 5.75 Å². The number of benzene rings is 1. The third kappa shape index (κ3) is 4.00. The summed E-state index contributed by atoms with van der Waals surface area (Å²) in [6, 6.07) is 4.58. The van der Waals surface area contributed by atoms with Crippen LogP contribution in [0.25, 0.3) is 0 Å². The van der Waals surface area contributed by atoms with Gasteiger partial charge in [-0.15, -0.1) is 0 Å². The highest BCUT2D eigenvalue weighted by Crippen LogP contribution is 2.27. The predicted molar refractivity (Wildman–Crippen MR) is 78.2 cm³/mol. The second kappa shape index (κ2) is 7.15. The first-order valence-corrected chi connectivity index (χ1v) is 7.15. The Morgan fingerprint density at radius 2 is 2.14 bits per heavy atom. The molecule has 6 heteroatoms. The van der Waals surface area contributed by atoms with Gasteiger partial charge in [0.15, 0.2) is 0 Å². The van der Waals surface area contributed by atoms with Gasteiger partial charge in [0.05, 0.1) is 19.4 Å². The van der Waals surface area contributed by atoms with Gasteiger partial charge in [-0.25, -0.2) is 9.18 Å². The second-order valence-corrected chi connectivity index (χ2v) is 4.95. The third-order valence-electron chi connectivity index (χ3n) is 3.54. The van der Waals surface area contributed by atoms with E-state index in [4.69, 9.17) is 9.47 Å². The van der Waals surface area contributed by atoms with Crippen molar-refractivity contribution in [3.8, 4) is 5.75 Å². The largest absolute Gasteiger partial charge is 0.495 e. The average Bonchev–Trinajstić information content (AvgIpc) is 2.48. The van der Waals surface area contributed by atoms with Crippen LogP contribution in [0.1, 0.15) is 19.8 Å². The molecule has 0 saturated carbocycles. The minimum Gasteiger partial charge on any atom is -0.495 e. The standard InChI is InChI=1S/C15H21FN2O3/c1-3-21-15(19)18-8-6-12(7-9-18)17-13-10-11(16)4-5-14(13)20-2/h4-5,10,12,17H,3,6-9H2,1-2H3. The van der Waals surface area contributed by atoms with Gasteiger partial charge in [-0.2, -0.15) is 0 Å². The summed E-state index contributed by atoms with van der Waals surface area (Å²) < 4.78 is 23.5. The lowest BCUT2D eigenvalue weighted by Gasteiger charge is -2.32. The predicted octanol–water partition coefficient (Wildman–Crippen LogP) is 2.87. The lowest BCUT2D eigenvalue weighted by Crippen LogP contribution is -2.42. The van der Waals surface area contributed by atoms with E-state index >= 15 is 0 Å². The molecule has 1 aliphatic rings. The molecule has 0 unspecified atom stereocenters. The van der Waals surface area contributed by atoms with Crippen LogP contribution in [0.15, 0.2) is 18.2 Å². The number of piperidine rings is 1. The number of hydrogen-bond acceptors (Lipinski definition) is 4. The molecule has 2 rings (SSSR count). The molecule has 1 N–H and O–H groups in total. The van der Waals surface area contributed by atoms with Crippen molar-refractivity contribution < 1.29 is 18.7 Å². The number of likely N-dealkylation sites (tertiary alicyclic amines) is 1. The molecule has 0 atom stereocenters. The van der Waals surface area contributed by atoms with Crippen LogP contribution in [0.2, 0.25) is 0 Å². The van der Waals surface area contributed by atoms with Gasteiger partial charge >= 0.3 is 6.09 Å². The summed E-state index contributed by atoms with van der Waals surface area (Å²) in [4.78, 5) is 13.3. The number of nitrogens with one attached hydrogen (secondary N) is 1. The van der Waals surface area contributed by atoms with E-state index in [9.17, 15) is 9.18 Å². The number of nitrogens with zero attached hydrogens (tertiary/aromatic N) is 1. The first-order chi connectivity index (χ1) is 10.1. The van der Waals surface area contributed by atoms with E-state index in [1.54, 1.807) is 25.0 Å². The molecule has 0 radical (unpaired) electrons. The topological polar surface area (TPSA) is 50.8 Å². The van der Waals surface area contributed by atoms with Crippen molar-refractivity contribution in [2.24, 2.45) is 0 Å². The molecule has 0 aromatic heterocycles. The summed E-state index contributed by atoms with van der Waals surface area (Å²) in [5.74, 6) is 0.312. The maximum absolute atomic E-state index is 13.3. The van der Waals surface area contributed by atoms with E-state index in [1.807, 2.05) is 0 Å². The number of amides is 1. The van der Waals surface area contributed by atoms with Crippen LogP contribution >= 0.6 is 0 Å². The summed E-state index contributed by atoms with van der Waals surface area (Å²) in [6.45, 7) is 3.45. The van der Waals surface area contributed by atoms with Crippen LogP contribution in [0.4, 0.5) is 14.9 Å². The number of hydrogen-bond donors (Lipinski definition) is 1. The van der Waals surface area contributed by atoms with Crippen LogP contribution < -0.4 is 10.1 Å². The molecule has 116 valence electrons. The molecule has 1 fully saturated rings. The Labute approximate surface area is 124 Å². The first-order valence-electron chi connectivity index (χ1n) is 7.15. The zero-order chi connectivity index (χ0) is 15.2. The van der Waals surface area contributed by atoms with E-state index in [1.165, 1.54) is 12.1 Å². The van der Waals surface area contributed by atoms with Crippen molar-refractivity contribution in [3.05, 3.63) is 24.0 Å². The van der Waals surface area contributed by atoms with E-state index in [2.05, 4.69) is 5.32 Å². The Hall–Kier alpha value is -1.98. The number of ether oxygens (including phenoxy) is 2. The Morgan fingerprint density at radius 1 is 1.43 bits per heavy atom. The molecule has 1 saturated heterocycles. The zero-order valence-corrected chi connectivity index (χ0v) is 12.4. The minimum atomic E-state index is -0.303. The van der Waals surface area contributed by atoms with E-state index in [0.29, 0.717) is 31.1 Å². The Morgan fingerprint density at radius 3 is 2.76 bits per heavy atom. The third-order valence-corrected chi connectivity index (χ3v) is 3.54. The smallest absolute Gasteiger partial charge is 0.409 e. The number of carbonyl (C=O) groups excluding carboxylic acids is 1. The Bertz CT molecular complexity index is 488. The van der Waals surface area contributed by atoms with Gasteiger partial charge in [0, 0.05) is 25.2 Å². The summed E-state index contributed by atoms with van der Waals surface area (Å²) >= 11 is 0. The van der Waals surface area contributed by atoms with Gasteiger partial charge in [-0.1, -0.05) is 0 Å². The van der Waals surface area contributed by atoms with Gasteiger partial charge in [-0.05, 0) is 31.9 Å². The molecule has 0 bridgehead atoms. The maximum Gasteiger partial charge on any atom is 0.409 e. The number of carbonyl (C=O) groups is 1. The fraction of sp³-hybridized carbons (Fsp3) is 0.533. The molecule has 1 amide bonds. The van der Waals surface area contributed by atoms with Crippen LogP contribution in [0.3, 0.4) is 0 Å².